The summed E-state index contributed by atoms with van der Waals surface area (Å²) < 4.78 is 23.3. The number of anilines is 2. The Hall–Kier alpha value is -3.63. The van der Waals surface area contributed by atoms with E-state index in [9.17, 15) is 4.39 Å². The molecule has 6 rings (SSSR count). The van der Waals surface area contributed by atoms with E-state index >= 15 is 0 Å². The Labute approximate surface area is 199 Å². The Balaban J connectivity index is 1.17. The molecule has 4 aromatic heterocycles. The molecule has 0 saturated carbocycles. The van der Waals surface area contributed by atoms with E-state index in [4.69, 9.17) is 21.8 Å². The summed E-state index contributed by atoms with van der Waals surface area (Å²) in [5.41, 5.74) is 8.22. The topological polar surface area (TPSA) is 93.6 Å². The van der Waals surface area contributed by atoms with Crippen LogP contribution in [-0.4, -0.2) is 61.8 Å². The van der Waals surface area contributed by atoms with Gasteiger partial charge in [-0.25, -0.2) is 9.37 Å². The van der Waals surface area contributed by atoms with Crippen molar-refractivity contribution in [3.8, 4) is 11.6 Å². The van der Waals surface area contributed by atoms with Gasteiger partial charge >= 0.3 is 0 Å². The molecule has 1 aliphatic rings. The Morgan fingerprint density at radius 2 is 1.88 bits per heavy atom. The van der Waals surface area contributed by atoms with E-state index in [1.807, 2.05) is 18.3 Å². The maximum Gasteiger partial charge on any atom is 0.225 e. The van der Waals surface area contributed by atoms with Crippen molar-refractivity contribution in [2.24, 2.45) is 0 Å². The van der Waals surface area contributed by atoms with Crippen molar-refractivity contribution in [2.45, 2.75) is 6.54 Å². The van der Waals surface area contributed by atoms with Crippen molar-refractivity contribution in [1.29, 1.82) is 0 Å². The summed E-state index contributed by atoms with van der Waals surface area (Å²) in [5.74, 6) is 1.03. The molecule has 34 heavy (non-hydrogen) atoms. The van der Waals surface area contributed by atoms with Gasteiger partial charge in [0.2, 0.25) is 11.8 Å². The van der Waals surface area contributed by atoms with Gasteiger partial charge in [-0.05, 0) is 36.4 Å². The third kappa shape index (κ3) is 3.64. The van der Waals surface area contributed by atoms with Gasteiger partial charge in [0.05, 0.1) is 17.3 Å². The Morgan fingerprint density at radius 3 is 2.65 bits per heavy atom. The SMILES string of the molecule is Nc1nc2c(ccn2CCN2CCN(c3ccc(Cl)cc3F)CC2)c2nc(-c3ccco3)nn12. The molecule has 1 aromatic carbocycles. The maximum absolute atomic E-state index is 14.3. The van der Waals surface area contributed by atoms with Crippen molar-refractivity contribution in [3.05, 3.63) is 59.7 Å². The standard InChI is InChI=1S/C23H22ClFN8O/c24-15-3-4-18(17(25)14-15)31-10-7-30(8-11-31)9-12-32-6-5-16-21(32)28-23(26)33-22(16)27-20(29-33)19-2-1-13-34-19/h1-6,13-14H,7-12H2,(H2,26,28). The minimum absolute atomic E-state index is 0.270. The van der Waals surface area contributed by atoms with Crippen LogP contribution in [0.25, 0.3) is 28.3 Å². The highest BCUT2D eigenvalue weighted by atomic mass is 35.5. The van der Waals surface area contributed by atoms with Gasteiger partial charge < -0.3 is 19.6 Å². The zero-order valence-corrected chi connectivity index (χ0v) is 19.0. The molecular formula is C23H22ClFN8O. The highest BCUT2D eigenvalue weighted by Crippen LogP contribution is 2.26. The van der Waals surface area contributed by atoms with Gasteiger partial charge in [-0.3, -0.25) is 4.90 Å². The number of rotatable bonds is 5. The number of furan rings is 1. The first-order chi connectivity index (χ1) is 16.6. The van der Waals surface area contributed by atoms with E-state index in [-0.39, 0.29) is 11.8 Å². The second-order valence-electron chi connectivity index (χ2n) is 8.29. The lowest BCUT2D eigenvalue weighted by molar-refractivity contribution is 0.248. The smallest absolute Gasteiger partial charge is 0.225 e. The number of hydrogen-bond donors (Lipinski definition) is 1. The monoisotopic (exact) mass is 480 g/mol. The first-order valence-corrected chi connectivity index (χ1v) is 11.4. The van der Waals surface area contributed by atoms with Crippen LogP contribution in [0.2, 0.25) is 5.02 Å². The summed E-state index contributed by atoms with van der Waals surface area (Å²) in [4.78, 5) is 13.6. The normalized spacial score (nSPS) is 15.1. The lowest BCUT2D eigenvalue weighted by Crippen LogP contribution is -2.47. The first-order valence-electron chi connectivity index (χ1n) is 11.0. The second-order valence-corrected chi connectivity index (χ2v) is 8.73. The summed E-state index contributed by atoms with van der Waals surface area (Å²) in [6.07, 6.45) is 3.58. The fraction of sp³-hybridized carbons (Fsp3) is 0.261. The quantitative estimate of drug-likeness (QED) is 0.411. The van der Waals surface area contributed by atoms with E-state index in [0.29, 0.717) is 27.9 Å². The fourth-order valence-corrected chi connectivity index (χ4v) is 4.61. The summed E-state index contributed by atoms with van der Waals surface area (Å²) in [7, 11) is 0. The molecule has 0 aliphatic carbocycles. The Morgan fingerprint density at radius 1 is 1.03 bits per heavy atom. The van der Waals surface area contributed by atoms with Crippen LogP contribution in [0.3, 0.4) is 0 Å². The number of nitrogens with zero attached hydrogens (tertiary/aromatic N) is 7. The highest BCUT2D eigenvalue weighted by molar-refractivity contribution is 6.30. The molecule has 1 aliphatic heterocycles. The number of hydrogen-bond acceptors (Lipinski definition) is 7. The van der Waals surface area contributed by atoms with E-state index in [2.05, 4.69) is 29.4 Å². The van der Waals surface area contributed by atoms with E-state index < -0.39 is 0 Å². The van der Waals surface area contributed by atoms with E-state index in [1.54, 1.807) is 29.0 Å². The molecule has 5 heterocycles. The van der Waals surface area contributed by atoms with Crippen LogP contribution < -0.4 is 10.6 Å². The predicted octanol–water partition coefficient (Wildman–Crippen LogP) is 3.54. The van der Waals surface area contributed by atoms with E-state index in [1.165, 1.54) is 6.07 Å². The summed E-state index contributed by atoms with van der Waals surface area (Å²) in [5, 5.41) is 5.73. The van der Waals surface area contributed by atoms with Crippen LogP contribution in [0.4, 0.5) is 16.0 Å². The van der Waals surface area contributed by atoms with Crippen molar-refractivity contribution >= 4 is 39.9 Å². The average molecular weight is 481 g/mol. The number of halogens is 2. The van der Waals surface area contributed by atoms with Crippen LogP contribution in [0.15, 0.2) is 53.3 Å². The number of benzene rings is 1. The van der Waals surface area contributed by atoms with Crippen molar-refractivity contribution in [1.82, 2.24) is 29.0 Å². The summed E-state index contributed by atoms with van der Waals surface area (Å²) in [6.45, 7) is 4.80. The zero-order chi connectivity index (χ0) is 23.2. The Kier molecular flexibility index (Phi) is 5.11. The minimum Gasteiger partial charge on any atom is -0.461 e. The molecule has 1 saturated heterocycles. The van der Waals surface area contributed by atoms with Crippen molar-refractivity contribution in [2.75, 3.05) is 43.4 Å². The largest absolute Gasteiger partial charge is 0.461 e. The fourth-order valence-electron chi connectivity index (χ4n) is 4.46. The van der Waals surface area contributed by atoms with Crippen LogP contribution in [0, 0.1) is 5.82 Å². The molecule has 0 amide bonds. The molecule has 0 spiro atoms. The van der Waals surface area contributed by atoms with Gasteiger partial charge in [0, 0.05) is 50.5 Å². The molecule has 9 nitrogen and oxygen atoms in total. The van der Waals surface area contributed by atoms with E-state index in [0.717, 1.165) is 50.3 Å². The molecule has 174 valence electrons. The average Bonchev–Trinajstić information content (AvgIpc) is 3.58. The molecule has 0 unspecified atom stereocenters. The first kappa shape index (κ1) is 20.9. The maximum atomic E-state index is 14.3. The molecule has 11 heteroatoms. The number of fused-ring (bicyclic) bond motifs is 3. The van der Waals surface area contributed by atoms with Gasteiger partial charge in [0.1, 0.15) is 11.5 Å². The molecule has 0 atom stereocenters. The van der Waals surface area contributed by atoms with Gasteiger partial charge in [-0.2, -0.15) is 9.50 Å². The van der Waals surface area contributed by atoms with Crippen LogP contribution in [0.1, 0.15) is 0 Å². The molecule has 5 aromatic rings. The summed E-state index contributed by atoms with van der Waals surface area (Å²) in [6, 6.07) is 10.4. The molecule has 0 radical (unpaired) electrons. The van der Waals surface area contributed by atoms with Crippen LogP contribution in [0.5, 0.6) is 0 Å². The lowest BCUT2D eigenvalue weighted by Gasteiger charge is -2.36. The Bertz CT molecular complexity index is 1470. The van der Waals surface area contributed by atoms with Crippen LogP contribution >= 0.6 is 11.6 Å². The second kappa shape index (κ2) is 8.30. The van der Waals surface area contributed by atoms with Gasteiger partial charge in [-0.1, -0.05) is 11.6 Å². The highest BCUT2D eigenvalue weighted by Gasteiger charge is 2.21. The summed E-state index contributed by atoms with van der Waals surface area (Å²) >= 11 is 5.88. The van der Waals surface area contributed by atoms with Crippen molar-refractivity contribution < 1.29 is 8.81 Å². The molecular weight excluding hydrogens is 459 g/mol. The van der Waals surface area contributed by atoms with Gasteiger partial charge in [-0.15, -0.1) is 5.10 Å². The predicted molar refractivity (Wildman–Crippen MR) is 128 cm³/mol. The zero-order valence-electron chi connectivity index (χ0n) is 18.2. The number of nitrogens with two attached hydrogens (primary N) is 1. The number of piperazine rings is 1. The van der Waals surface area contributed by atoms with Gasteiger partial charge in [0.15, 0.2) is 11.4 Å². The minimum atomic E-state index is -0.279. The van der Waals surface area contributed by atoms with Crippen LogP contribution in [-0.2, 0) is 6.54 Å². The molecule has 1 fully saturated rings. The third-order valence-corrected chi connectivity index (χ3v) is 6.48. The number of nitrogen functional groups attached to an aromatic ring is 1. The van der Waals surface area contributed by atoms with Gasteiger partial charge in [0.25, 0.3) is 0 Å². The third-order valence-electron chi connectivity index (χ3n) is 6.24. The van der Waals surface area contributed by atoms with Crippen molar-refractivity contribution in [3.63, 3.8) is 0 Å². The number of aromatic nitrogens is 5. The molecule has 2 N–H and O–H groups in total. The molecule has 0 bridgehead atoms. The lowest BCUT2D eigenvalue weighted by atomic mass is 10.2.